The van der Waals surface area contributed by atoms with Crippen molar-refractivity contribution < 1.29 is 8.42 Å². The fourth-order valence-electron chi connectivity index (χ4n) is 1.29. The van der Waals surface area contributed by atoms with Gasteiger partial charge in [-0.25, -0.2) is 13.6 Å². The Bertz CT molecular complexity index is 480. The van der Waals surface area contributed by atoms with Crippen molar-refractivity contribution in [2.45, 2.75) is 25.0 Å². The van der Waals surface area contributed by atoms with Gasteiger partial charge in [0, 0.05) is 4.47 Å². The number of sulfonamides is 1. The third-order valence-corrected chi connectivity index (χ3v) is 4.37. The Morgan fingerprint density at radius 3 is 2.47 bits per heavy atom. The Labute approximate surface area is 111 Å². The van der Waals surface area contributed by atoms with Crippen molar-refractivity contribution in [3.8, 4) is 0 Å². The van der Waals surface area contributed by atoms with Gasteiger partial charge in [0.05, 0.1) is 5.25 Å². The molecule has 0 amide bonds. The van der Waals surface area contributed by atoms with Gasteiger partial charge in [-0.1, -0.05) is 40.2 Å². The zero-order chi connectivity index (χ0) is 12.9. The molecule has 0 radical (unpaired) electrons. The molecule has 1 aromatic carbocycles. The third kappa shape index (κ3) is 5.48. The van der Waals surface area contributed by atoms with Gasteiger partial charge >= 0.3 is 0 Å². The predicted octanol–water partition coefficient (Wildman–Crippen LogP) is 2.92. The molecule has 0 aliphatic heterocycles. The van der Waals surface area contributed by atoms with Crippen LogP contribution < -0.4 is 5.14 Å². The summed E-state index contributed by atoms with van der Waals surface area (Å²) in [7, 11) is -3.39. The largest absolute Gasteiger partial charge is 0.228 e. The first-order valence-electron chi connectivity index (χ1n) is 5.33. The van der Waals surface area contributed by atoms with Gasteiger partial charge in [0.25, 0.3) is 0 Å². The summed E-state index contributed by atoms with van der Waals surface area (Å²) < 4.78 is 23.0. The van der Waals surface area contributed by atoms with E-state index < -0.39 is 15.3 Å². The molecule has 0 fully saturated rings. The maximum atomic E-state index is 11.0. The molecule has 17 heavy (non-hydrogen) atoms. The molecule has 5 heteroatoms. The Morgan fingerprint density at radius 1 is 1.35 bits per heavy atom. The Kier molecular flexibility index (Phi) is 5.36. The van der Waals surface area contributed by atoms with Crippen molar-refractivity contribution >= 4 is 32.0 Å². The van der Waals surface area contributed by atoms with Gasteiger partial charge in [0.15, 0.2) is 0 Å². The van der Waals surface area contributed by atoms with E-state index >= 15 is 0 Å². The van der Waals surface area contributed by atoms with Crippen molar-refractivity contribution in [2.75, 3.05) is 0 Å². The number of rotatable bonds is 5. The van der Waals surface area contributed by atoms with Crippen LogP contribution in [0.5, 0.6) is 0 Å². The molecule has 0 unspecified atom stereocenters. The van der Waals surface area contributed by atoms with Crippen LogP contribution in [-0.4, -0.2) is 13.7 Å². The van der Waals surface area contributed by atoms with Crippen molar-refractivity contribution in [2.24, 2.45) is 5.14 Å². The molecule has 1 rings (SSSR count). The monoisotopic (exact) mass is 317 g/mol. The third-order valence-electron chi connectivity index (χ3n) is 2.48. The first-order valence-corrected chi connectivity index (χ1v) is 7.73. The van der Waals surface area contributed by atoms with E-state index in [2.05, 4.69) is 15.9 Å². The van der Waals surface area contributed by atoms with Gasteiger partial charge in [0.2, 0.25) is 10.0 Å². The summed E-state index contributed by atoms with van der Waals surface area (Å²) in [6.45, 7) is 1.63. The molecule has 3 nitrogen and oxygen atoms in total. The number of allylic oxidation sites excluding steroid dienone is 1. The maximum Gasteiger partial charge on any atom is 0.211 e. The van der Waals surface area contributed by atoms with Crippen LogP contribution in [0, 0.1) is 0 Å². The summed E-state index contributed by atoms with van der Waals surface area (Å²) in [5.74, 6) is 0. The molecule has 0 heterocycles. The molecule has 0 aliphatic carbocycles. The summed E-state index contributed by atoms with van der Waals surface area (Å²) in [6.07, 6.45) is 5.19. The molecule has 0 bridgehead atoms. The molecule has 0 saturated heterocycles. The zero-order valence-corrected chi connectivity index (χ0v) is 12.0. The van der Waals surface area contributed by atoms with Gasteiger partial charge < -0.3 is 0 Å². The second-order valence-electron chi connectivity index (χ2n) is 3.93. The van der Waals surface area contributed by atoms with Gasteiger partial charge in [-0.3, -0.25) is 0 Å². The second-order valence-corrected chi connectivity index (χ2v) is 6.83. The van der Waals surface area contributed by atoms with Crippen LogP contribution >= 0.6 is 15.9 Å². The predicted molar refractivity (Wildman–Crippen MR) is 75.0 cm³/mol. The van der Waals surface area contributed by atoms with Crippen molar-refractivity contribution in [1.29, 1.82) is 0 Å². The highest BCUT2D eigenvalue weighted by Crippen LogP contribution is 2.12. The summed E-state index contributed by atoms with van der Waals surface area (Å²) >= 11 is 3.36. The second kappa shape index (κ2) is 6.33. The molecule has 2 N–H and O–H groups in total. The molecular weight excluding hydrogens is 302 g/mol. The summed E-state index contributed by atoms with van der Waals surface area (Å²) in [6, 6.07) is 7.91. The van der Waals surface area contributed by atoms with Crippen LogP contribution in [0.2, 0.25) is 0 Å². The normalized spacial score (nSPS) is 14.1. The van der Waals surface area contributed by atoms with E-state index in [1.807, 2.05) is 36.4 Å². The van der Waals surface area contributed by atoms with Gasteiger partial charge in [-0.15, -0.1) is 0 Å². The number of hydrogen-bond donors (Lipinski definition) is 1. The number of nitrogens with two attached hydrogens (primary N) is 1. The summed E-state index contributed by atoms with van der Waals surface area (Å²) in [4.78, 5) is 0. The number of primary sulfonamides is 1. The minimum Gasteiger partial charge on any atom is -0.228 e. The highest BCUT2D eigenvalue weighted by atomic mass is 79.9. The number of benzene rings is 1. The van der Waals surface area contributed by atoms with E-state index in [4.69, 9.17) is 5.14 Å². The van der Waals surface area contributed by atoms with E-state index in [1.165, 1.54) is 0 Å². The van der Waals surface area contributed by atoms with Gasteiger partial charge in [0.1, 0.15) is 0 Å². The van der Waals surface area contributed by atoms with Crippen molar-refractivity contribution in [3.05, 3.63) is 40.4 Å². The Balaban J connectivity index is 2.44. The Hall–Kier alpha value is -0.650. The standard InChI is InChI=1S/C12H16BrNO2S/c1-10(17(14,15)16)4-2-3-5-11-6-8-12(13)9-7-11/h3,5-10H,2,4H2,1H3,(H2,14,15,16)/t10-/m0/s1. The summed E-state index contributed by atoms with van der Waals surface area (Å²) in [5, 5.41) is 4.54. The highest BCUT2D eigenvalue weighted by Gasteiger charge is 2.13. The molecule has 0 aliphatic rings. The fourth-order valence-corrected chi connectivity index (χ4v) is 2.02. The van der Waals surface area contributed by atoms with Crippen LogP contribution in [0.3, 0.4) is 0 Å². The summed E-state index contributed by atoms with van der Waals surface area (Å²) in [5.41, 5.74) is 1.09. The number of hydrogen-bond acceptors (Lipinski definition) is 2. The van der Waals surface area contributed by atoms with Crippen LogP contribution in [-0.2, 0) is 10.0 Å². The van der Waals surface area contributed by atoms with Crippen molar-refractivity contribution in [3.63, 3.8) is 0 Å². The average molecular weight is 318 g/mol. The molecule has 0 aromatic heterocycles. The molecule has 0 saturated carbocycles. The number of halogens is 1. The van der Waals surface area contributed by atoms with Crippen molar-refractivity contribution in [1.82, 2.24) is 0 Å². The Morgan fingerprint density at radius 2 is 1.94 bits per heavy atom. The van der Waals surface area contributed by atoms with E-state index in [0.29, 0.717) is 12.8 Å². The van der Waals surface area contributed by atoms with Gasteiger partial charge in [-0.2, -0.15) is 0 Å². The minimum absolute atomic E-state index is 0.489. The lowest BCUT2D eigenvalue weighted by Gasteiger charge is -2.05. The van der Waals surface area contributed by atoms with Crippen LogP contribution in [0.1, 0.15) is 25.3 Å². The quantitative estimate of drug-likeness (QED) is 0.907. The molecular formula is C12H16BrNO2S. The first-order chi connectivity index (χ1) is 7.89. The molecule has 94 valence electrons. The lowest BCUT2D eigenvalue weighted by molar-refractivity contribution is 0.580. The minimum atomic E-state index is -3.39. The fraction of sp³-hybridized carbons (Fsp3) is 0.333. The van der Waals surface area contributed by atoms with E-state index in [0.717, 1.165) is 10.0 Å². The molecule has 0 spiro atoms. The highest BCUT2D eigenvalue weighted by molar-refractivity contribution is 9.10. The van der Waals surface area contributed by atoms with E-state index in [9.17, 15) is 8.42 Å². The lowest BCUT2D eigenvalue weighted by Crippen LogP contribution is -2.25. The maximum absolute atomic E-state index is 11.0. The van der Waals surface area contributed by atoms with Crippen LogP contribution in [0.15, 0.2) is 34.8 Å². The SMILES string of the molecule is C[C@@H](CCC=Cc1ccc(Br)cc1)S(N)(=O)=O. The molecule has 1 atom stereocenters. The topological polar surface area (TPSA) is 60.2 Å². The lowest BCUT2D eigenvalue weighted by atomic mass is 10.2. The van der Waals surface area contributed by atoms with Gasteiger partial charge in [-0.05, 0) is 37.5 Å². The molecule has 1 aromatic rings. The first kappa shape index (κ1) is 14.4. The van der Waals surface area contributed by atoms with E-state index in [-0.39, 0.29) is 0 Å². The smallest absolute Gasteiger partial charge is 0.211 e. The average Bonchev–Trinajstić information content (AvgIpc) is 2.25. The van der Waals surface area contributed by atoms with Crippen LogP contribution in [0.25, 0.3) is 6.08 Å². The zero-order valence-electron chi connectivity index (χ0n) is 9.64. The van der Waals surface area contributed by atoms with E-state index in [1.54, 1.807) is 6.92 Å². The van der Waals surface area contributed by atoms with Crippen LogP contribution in [0.4, 0.5) is 0 Å².